The molecule has 8 heavy (non-hydrogen) atoms. The van der Waals surface area contributed by atoms with Gasteiger partial charge in [-0.3, -0.25) is 9.59 Å². The van der Waals surface area contributed by atoms with E-state index in [0.29, 0.717) is 0 Å². The van der Waals surface area contributed by atoms with Crippen molar-refractivity contribution in [1.29, 1.82) is 0 Å². The van der Waals surface area contributed by atoms with Crippen LogP contribution in [0.2, 0.25) is 0 Å². The maximum Gasteiger partial charge on any atom is 0.269 e. The van der Waals surface area contributed by atoms with Crippen LogP contribution in [0.3, 0.4) is 0 Å². The van der Waals surface area contributed by atoms with Gasteiger partial charge in [-0.15, -0.1) is 12.6 Å². The van der Waals surface area contributed by atoms with Gasteiger partial charge in [-0.1, -0.05) is 0 Å². The normalized spacial score (nSPS) is 10.1. The van der Waals surface area contributed by atoms with Crippen LogP contribution in [-0.4, -0.2) is 5.11 Å². The molecule has 4 heteroatoms. The predicted octanol–water partition coefficient (Wildman–Crippen LogP) is -0.723. The van der Waals surface area contributed by atoms with E-state index in [0.717, 1.165) is 0 Å². The first-order chi connectivity index (χ1) is 3.64. The van der Waals surface area contributed by atoms with Gasteiger partial charge in [-0.2, -0.15) is 0 Å². The van der Waals surface area contributed by atoms with Crippen LogP contribution in [0.1, 0.15) is 0 Å². The zero-order valence-corrected chi connectivity index (χ0v) is 4.61. The average molecular weight is 130 g/mol. The molecule has 0 fully saturated rings. The second kappa shape index (κ2) is 1.35. The fraction of sp³-hybridized carbons (Fsp3) is 0. The lowest BCUT2D eigenvalue weighted by Gasteiger charge is -1.93. The highest BCUT2D eigenvalue weighted by atomic mass is 32.1. The smallest absolute Gasteiger partial charge is 0.269 e. The lowest BCUT2D eigenvalue weighted by Crippen LogP contribution is -2.30. The van der Waals surface area contributed by atoms with Gasteiger partial charge >= 0.3 is 0 Å². The molecule has 1 aromatic rings. The number of thiol groups is 1. The molecule has 1 aromatic carbocycles. The van der Waals surface area contributed by atoms with E-state index >= 15 is 0 Å². The van der Waals surface area contributed by atoms with Gasteiger partial charge in [-0.05, 0) is 0 Å². The Morgan fingerprint density at radius 3 is 1.88 bits per heavy atom. The van der Waals surface area contributed by atoms with Crippen LogP contribution in [0.25, 0.3) is 0 Å². The molecule has 0 amide bonds. The molecule has 0 atom stereocenters. The molecular weight excluding hydrogens is 128 g/mol. The predicted molar refractivity (Wildman–Crippen MR) is 30.3 cm³/mol. The number of aromatic hydroxyl groups is 1. The molecule has 0 aliphatic heterocycles. The van der Waals surface area contributed by atoms with Gasteiger partial charge in [0.1, 0.15) is 4.90 Å². The van der Waals surface area contributed by atoms with Crippen molar-refractivity contribution in [3.05, 3.63) is 20.4 Å². The van der Waals surface area contributed by atoms with E-state index in [1.54, 1.807) is 0 Å². The largest absolute Gasteiger partial charge is 0.503 e. The summed E-state index contributed by atoms with van der Waals surface area (Å²) < 4.78 is 0. The van der Waals surface area contributed by atoms with E-state index in [2.05, 4.69) is 12.6 Å². The molecule has 0 unspecified atom stereocenters. The van der Waals surface area contributed by atoms with Gasteiger partial charge in [0.15, 0.2) is 5.75 Å². The Morgan fingerprint density at radius 1 is 1.25 bits per heavy atom. The van der Waals surface area contributed by atoms with Crippen molar-refractivity contribution < 1.29 is 5.11 Å². The summed E-state index contributed by atoms with van der Waals surface area (Å²) in [4.78, 5) is 20.1. The van der Waals surface area contributed by atoms with Crippen molar-refractivity contribution in [1.82, 2.24) is 0 Å². The lowest BCUT2D eigenvalue weighted by atomic mass is 10.3. The molecule has 0 radical (unpaired) electrons. The molecule has 1 rings (SSSR count). The minimum Gasteiger partial charge on any atom is -0.503 e. The number of hydrogen-bond donors (Lipinski definition) is 2. The van der Waals surface area contributed by atoms with Gasteiger partial charge in [0, 0.05) is 0 Å². The Labute approximate surface area is 49.7 Å². The van der Waals surface area contributed by atoms with Crippen LogP contribution < -0.4 is 10.9 Å². The van der Waals surface area contributed by atoms with Gasteiger partial charge in [0.2, 0.25) is 5.43 Å². The molecule has 0 spiro atoms. The Morgan fingerprint density at radius 2 is 1.75 bits per heavy atom. The fourth-order valence-electron chi connectivity index (χ4n) is 0.368. The summed E-state index contributed by atoms with van der Waals surface area (Å²) >= 11 is 3.49. The van der Waals surface area contributed by atoms with Gasteiger partial charge in [0.05, 0.1) is 0 Å². The highest BCUT2D eigenvalue weighted by molar-refractivity contribution is 7.80. The van der Waals surface area contributed by atoms with Crippen LogP contribution in [-0.2, 0) is 0 Å². The third-order valence-electron chi connectivity index (χ3n) is 0.861. The van der Waals surface area contributed by atoms with Crippen LogP contribution in [0.5, 0.6) is 5.75 Å². The van der Waals surface area contributed by atoms with Crippen LogP contribution in [0, 0.1) is 0 Å². The van der Waals surface area contributed by atoms with Crippen LogP contribution >= 0.6 is 12.6 Å². The van der Waals surface area contributed by atoms with Crippen molar-refractivity contribution >= 4 is 12.6 Å². The Bertz CT molecular complexity index is 251. The first-order valence-corrected chi connectivity index (χ1v) is 2.30. The SMILES string of the molecule is O=c1c(O)c(S)c1=O. The summed E-state index contributed by atoms with van der Waals surface area (Å²) in [5.74, 6) is -0.515. The highest BCUT2D eigenvalue weighted by Crippen LogP contribution is 2.10. The molecule has 0 aliphatic rings. The molecular formula is C4H2O3S. The minimum atomic E-state index is -0.838. The summed E-state index contributed by atoms with van der Waals surface area (Å²) in [6, 6.07) is 0. The zero-order valence-electron chi connectivity index (χ0n) is 3.71. The summed E-state index contributed by atoms with van der Waals surface area (Å²) in [7, 11) is 0. The van der Waals surface area contributed by atoms with Gasteiger partial charge in [0.25, 0.3) is 5.43 Å². The van der Waals surface area contributed by atoms with Crippen molar-refractivity contribution in [3.8, 4) is 5.75 Å². The van der Waals surface area contributed by atoms with Gasteiger partial charge in [-0.25, -0.2) is 0 Å². The maximum absolute atomic E-state index is 10.1. The topological polar surface area (TPSA) is 54.4 Å². The maximum atomic E-state index is 10.1. The highest BCUT2D eigenvalue weighted by Gasteiger charge is 2.15. The quantitative estimate of drug-likeness (QED) is 0.360. The van der Waals surface area contributed by atoms with Crippen molar-refractivity contribution in [2.45, 2.75) is 4.90 Å². The Kier molecular flexibility index (Phi) is 0.907. The average Bonchev–Trinajstić information content (AvgIpc) is 1.83. The monoisotopic (exact) mass is 130 g/mol. The standard InChI is InChI=1S/C4H2O3S/c5-1-2(6)4(8)3(1)7/h6,8H. The molecule has 0 saturated heterocycles. The number of hydrogen-bond acceptors (Lipinski definition) is 4. The molecule has 0 saturated carbocycles. The summed E-state index contributed by atoms with van der Waals surface area (Å²) in [5.41, 5.74) is -1.54. The van der Waals surface area contributed by atoms with E-state index in [1.165, 1.54) is 0 Å². The Hall–Kier alpha value is -0.770. The molecule has 3 nitrogen and oxygen atoms in total. The van der Waals surface area contributed by atoms with Gasteiger partial charge < -0.3 is 5.11 Å². The number of rotatable bonds is 0. The first-order valence-electron chi connectivity index (χ1n) is 1.86. The minimum absolute atomic E-state index is 0.130. The third kappa shape index (κ3) is 0.403. The first kappa shape index (κ1) is 5.37. The lowest BCUT2D eigenvalue weighted by molar-refractivity contribution is 0.446. The van der Waals surface area contributed by atoms with E-state index in [4.69, 9.17) is 5.11 Å². The van der Waals surface area contributed by atoms with Crippen LogP contribution in [0.4, 0.5) is 0 Å². The van der Waals surface area contributed by atoms with E-state index in [-0.39, 0.29) is 4.90 Å². The second-order valence-corrected chi connectivity index (χ2v) is 1.80. The summed E-state index contributed by atoms with van der Waals surface area (Å²) in [6.07, 6.45) is 0. The van der Waals surface area contributed by atoms with Crippen molar-refractivity contribution in [3.63, 3.8) is 0 Å². The van der Waals surface area contributed by atoms with E-state index < -0.39 is 16.6 Å². The molecule has 0 aromatic heterocycles. The van der Waals surface area contributed by atoms with E-state index in [1.807, 2.05) is 0 Å². The van der Waals surface area contributed by atoms with E-state index in [9.17, 15) is 9.59 Å². The van der Waals surface area contributed by atoms with Crippen molar-refractivity contribution in [2.75, 3.05) is 0 Å². The third-order valence-corrected chi connectivity index (χ3v) is 1.28. The molecule has 0 aliphatic carbocycles. The molecule has 0 heterocycles. The van der Waals surface area contributed by atoms with Crippen LogP contribution in [0.15, 0.2) is 14.5 Å². The summed E-state index contributed by atoms with van der Waals surface area (Å²) in [6.45, 7) is 0. The second-order valence-electron chi connectivity index (χ2n) is 1.36. The fourth-order valence-corrected chi connectivity index (χ4v) is 0.571. The molecule has 42 valence electrons. The Balaban J connectivity index is 3.48. The summed E-state index contributed by atoms with van der Waals surface area (Å²) in [5, 5.41) is 8.39. The molecule has 1 N–H and O–H groups in total. The van der Waals surface area contributed by atoms with Crippen molar-refractivity contribution in [2.24, 2.45) is 0 Å². The zero-order chi connectivity index (χ0) is 6.31. The molecule has 0 bridgehead atoms.